The van der Waals surface area contributed by atoms with E-state index < -0.39 is 0 Å². The molecule has 0 aliphatic heterocycles. The van der Waals surface area contributed by atoms with Gasteiger partial charge in [0.25, 0.3) is 0 Å². The van der Waals surface area contributed by atoms with Crippen molar-refractivity contribution in [3.63, 3.8) is 0 Å². The topological polar surface area (TPSA) is 17.1 Å². The Balaban J connectivity index is 2.86. The Morgan fingerprint density at radius 2 is 2.07 bits per heavy atom. The fraction of sp³-hybridized carbons (Fsp3) is 0.308. The molecule has 0 saturated carbocycles. The molecule has 0 atom stereocenters. The highest BCUT2D eigenvalue weighted by Gasteiger charge is 2.08. The third-order valence-corrected chi connectivity index (χ3v) is 2.27. The standard InChI is InChI=1S/C13H15FO/c1-4-9(2)7-13(15)11-5-10(3)6-12(14)8-11/h5-6,8H,2,4,7H2,1,3H3. The molecular weight excluding hydrogens is 191 g/mol. The lowest BCUT2D eigenvalue weighted by molar-refractivity contribution is 0.0992. The van der Waals surface area contributed by atoms with E-state index in [0.717, 1.165) is 17.6 Å². The van der Waals surface area contributed by atoms with Crippen LogP contribution in [-0.4, -0.2) is 5.78 Å². The van der Waals surface area contributed by atoms with Crippen LogP contribution in [0.25, 0.3) is 0 Å². The van der Waals surface area contributed by atoms with Crippen molar-refractivity contribution in [2.24, 2.45) is 0 Å². The molecule has 1 rings (SSSR count). The van der Waals surface area contributed by atoms with Crippen LogP contribution >= 0.6 is 0 Å². The zero-order valence-electron chi connectivity index (χ0n) is 9.14. The van der Waals surface area contributed by atoms with Gasteiger partial charge in [-0.3, -0.25) is 4.79 Å². The smallest absolute Gasteiger partial charge is 0.166 e. The molecule has 0 radical (unpaired) electrons. The number of Topliss-reactive ketones (excluding diaryl/α,β-unsaturated/α-hetero) is 1. The molecule has 2 heteroatoms. The summed E-state index contributed by atoms with van der Waals surface area (Å²) >= 11 is 0. The third kappa shape index (κ3) is 3.31. The summed E-state index contributed by atoms with van der Waals surface area (Å²) in [6.45, 7) is 7.49. The van der Waals surface area contributed by atoms with Crippen LogP contribution < -0.4 is 0 Å². The lowest BCUT2D eigenvalue weighted by Crippen LogP contribution is -2.01. The average Bonchev–Trinajstić information content (AvgIpc) is 2.16. The molecule has 0 bridgehead atoms. The van der Waals surface area contributed by atoms with Crippen molar-refractivity contribution in [1.29, 1.82) is 0 Å². The van der Waals surface area contributed by atoms with Gasteiger partial charge in [0, 0.05) is 12.0 Å². The quantitative estimate of drug-likeness (QED) is 0.542. The molecule has 0 aliphatic carbocycles. The van der Waals surface area contributed by atoms with Gasteiger partial charge in [0.2, 0.25) is 0 Å². The van der Waals surface area contributed by atoms with Gasteiger partial charge in [-0.15, -0.1) is 0 Å². The zero-order valence-corrected chi connectivity index (χ0v) is 9.14. The Hall–Kier alpha value is -1.44. The monoisotopic (exact) mass is 206 g/mol. The highest BCUT2D eigenvalue weighted by Crippen LogP contribution is 2.13. The molecule has 1 aromatic carbocycles. The SMILES string of the molecule is C=C(CC)CC(=O)c1cc(C)cc(F)c1. The van der Waals surface area contributed by atoms with E-state index >= 15 is 0 Å². The predicted octanol–water partition coefficient (Wildman–Crippen LogP) is 3.67. The van der Waals surface area contributed by atoms with Crippen LogP contribution in [0.3, 0.4) is 0 Å². The minimum atomic E-state index is -0.361. The van der Waals surface area contributed by atoms with Crippen LogP contribution in [0, 0.1) is 12.7 Å². The molecule has 0 heterocycles. The lowest BCUT2D eigenvalue weighted by Gasteiger charge is -2.03. The molecule has 0 spiro atoms. The van der Waals surface area contributed by atoms with Gasteiger partial charge < -0.3 is 0 Å². The van der Waals surface area contributed by atoms with E-state index in [2.05, 4.69) is 6.58 Å². The Labute approximate surface area is 89.6 Å². The fourth-order valence-electron chi connectivity index (χ4n) is 1.35. The first-order valence-electron chi connectivity index (χ1n) is 5.00. The van der Waals surface area contributed by atoms with Crippen LogP contribution in [0.2, 0.25) is 0 Å². The van der Waals surface area contributed by atoms with E-state index in [1.54, 1.807) is 13.0 Å². The molecule has 0 aromatic heterocycles. The molecule has 1 nitrogen and oxygen atoms in total. The largest absolute Gasteiger partial charge is 0.294 e. The molecule has 0 aliphatic rings. The van der Waals surface area contributed by atoms with E-state index in [-0.39, 0.29) is 11.6 Å². The van der Waals surface area contributed by atoms with Crippen LogP contribution in [0.1, 0.15) is 35.7 Å². The summed E-state index contributed by atoms with van der Waals surface area (Å²) in [7, 11) is 0. The molecule has 80 valence electrons. The normalized spacial score (nSPS) is 10.1. The molecule has 0 unspecified atom stereocenters. The minimum Gasteiger partial charge on any atom is -0.294 e. The number of rotatable bonds is 4. The third-order valence-electron chi connectivity index (χ3n) is 2.27. The minimum absolute atomic E-state index is 0.0653. The number of aryl methyl sites for hydroxylation is 1. The number of carbonyl (C=O) groups is 1. The Morgan fingerprint density at radius 1 is 1.40 bits per heavy atom. The number of benzene rings is 1. The highest BCUT2D eigenvalue weighted by molar-refractivity contribution is 5.97. The molecule has 1 aromatic rings. The van der Waals surface area contributed by atoms with Crippen LogP contribution in [0.15, 0.2) is 30.4 Å². The second-order valence-corrected chi connectivity index (χ2v) is 3.72. The zero-order chi connectivity index (χ0) is 11.4. The summed E-state index contributed by atoms with van der Waals surface area (Å²) in [5.74, 6) is -0.426. The summed E-state index contributed by atoms with van der Waals surface area (Å²) in [5, 5.41) is 0. The van der Waals surface area contributed by atoms with E-state index in [0.29, 0.717) is 12.0 Å². The van der Waals surface area contributed by atoms with Crippen molar-refractivity contribution in [1.82, 2.24) is 0 Å². The first-order chi connectivity index (χ1) is 7.02. The number of ketones is 1. The van der Waals surface area contributed by atoms with E-state index in [4.69, 9.17) is 0 Å². The summed E-state index contributed by atoms with van der Waals surface area (Å²) in [5.41, 5.74) is 2.07. The molecular formula is C13H15FO. The first-order valence-corrected chi connectivity index (χ1v) is 5.00. The Bertz CT molecular complexity index is 373. The second-order valence-electron chi connectivity index (χ2n) is 3.72. The van der Waals surface area contributed by atoms with Crippen molar-refractivity contribution in [2.45, 2.75) is 26.7 Å². The van der Waals surface area contributed by atoms with Crippen molar-refractivity contribution in [3.8, 4) is 0 Å². The van der Waals surface area contributed by atoms with Crippen LogP contribution in [-0.2, 0) is 0 Å². The van der Waals surface area contributed by atoms with E-state index in [9.17, 15) is 9.18 Å². The van der Waals surface area contributed by atoms with E-state index in [1.165, 1.54) is 12.1 Å². The Morgan fingerprint density at radius 3 is 2.60 bits per heavy atom. The molecule has 15 heavy (non-hydrogen) atoms. The highest BCUT2D eigenvalue weighted by atomic mass is 19.1. The van der Waals surface area contributed by atoms with Crippen molar-refractivity contribution >= 4 is 5.78 Å². The van der Waals surface area contributed by atoms with Crippen molar-refractivity contribution in [2.75, 3.05) is 0 Å². The van der Waals surface area contributed by atoms with Crippen LogP contribution in [0.4, 0.5) is 4.39 Å². The molecule has 0 fully saturated rings. The fourth-order valence-corrected chi connectivity index (χ4v) is 1.35. The predicted molar refractivity (Wildman–Crippen MR) is 59.5 cm³/mol. The average molecular weight is 206 g/mol. The molecule has 0 saturated heterocycles. The second kappa shape index (κ2) is 4.87. The van der Waals surface area contributed by atoms with Crippen molar-refractivity contribution in [3.05, 3.63) is 47.3 Å². The number of halogens is 1. The van der Waals surface area contributed by atoms with Gasteiger partial charge in [-0.05, 0) is 37.1 Å². The lowest BCUT2D eigenvalue weighted by atomic mass is 10.0. The van der Waals surface area contributed by atoms with Gasteiger partial charge in [0.1, 0.15) is 5.82 Å². The van der Waals surface area contributed by atoms with Crippen molar-refractivity contribution < 1.29 is 9.18 Å². The summed E-state index contributed by atoms with van der Waals surface area (Å²) in [4.78, 5) is 11.7. The van der Waals surface area contributed by atoms with Gasteiger partial charge >= 0.3 is 0 Å². The molecule has 0 N–H and O–H groups in total. The van der Waals surface area contributed by atoms with Gasteiger partial charge in [-0.1, -0.05) is 19.1 Å². The maximum absolute atomic E-state index is 13.0. The van der Waals surface area contributed by atoms with Gasteiger partial charge in [-0.2, -0.15) is 0 Å². The molecule has 0 amide bonds. The van der Waals surface area contributed by atoms with Gasteiger partial charge in [0.05, 0.1) is 0 Å². The van der Waals surface area contributed by atoms with Crippen LogP contribution in [0.5, 0.6) is 0 Å². The first kappa shape index (κ1) is 11.6. The maximum atomic E-state index is 13.0. The summed E-state index contributed by atoms with van der Waals surface area (Å²) in [6, 6.07) is 4.39. The Kier molecular flexibility index (Phi) is 3.78. The summed E-state index contributed by atoms with van der Waals surface area (Å²) in [6.07, 6.45) is 1.08. The maximum Gasteiger partial charge on any atom is 0.166 e. The van der Waals surface area contributed by atoms with Gasteiger partial charge in [0.15, 0.2) is 5.78 Å². The van der Waals surface area contributed by atoms with Gasteiger partial charge in [-0.25, -0.2) is 4.39 Å². The van der Waals surface area contributed by atoms with E-state index in [1.807, 2.05) is 6.92 Å². The summed E-state index contributed by atoms with van der Waals surface area (Å²) < 4.78 is 13.0. The number of carbonyl (C=O) groups excluding carboxylic acids is 1. The number of hydrogen-bond acceptors (Lipinski definition) is 1. The number of allylic oxidation sites excluding steroid dienone is 1. The number of hydrogen-bond donors (Lipinski definition) is 0.